The van der Waals surface area contributed by atoms with E-state index in [1.54, 1.807) is 30.8 Å². The molecule has 134 valence electrons. The minimum atomic E-state index is -3.38. The van der Waals surface area contributed by atoms with E-state index in [4.69, 9.17) is 4.84 Å². The first-order chi connectivity index (χ1) is 11.4. The maximum Gasteiger partial charge on any atom is 0.248 e. The van der Waals surface area contributed by atoms with Crippen LogP contribution >= 0.6 is 0 Å². The maximum atomic E-state index is 12.5. The predicted molar refractivity (Wildman–Crippen MR) is 87.2 cm³/mol. The molecule has 0 radical (unpaired) electrons. The third-order valence-corrected chi connectivity index (χ3v) is 6.69. The summed E-state index contributed by atoms with van der Waals surface area (Å²) in [5.41, 5.74) is 0.808. The van der Waals surface area contributed by atoms with Gasteiger partial charge in [0.15, 0.2) is 0 Å². The second-order valence-corrected chi connectivity index (χ2v) is 9.04. The molecule has 1 atom stereocenters. The second kappa shape index (κ2) is 6.81. The number of hydrogen-bond acceptors (Lipinski definition) is 5. The molecule has 1 aromatic heterocycles. The average molecular weight is 356 g/mol. The fourth-order valence-electron chi connectivity index (χ4n) is 3.09. The predicted octanol–water partition coefficient (Wildman–Crippen LogP) is 0.922. The molecule has 1 aromatic rings. The second-order valence-electron chi connectivity index (χ2n) is 6.55. The van der Waals surface area contributed by atoms with E-state index in [0.29, 0.717) is 19.7 Å². The van der Waals surface area contributed by atoms with E-state index in [1.165, 1.54) is 9.37 Å². The van der Waals surface area contributed by atoms with Gasteiger partial charge in [0.05, 0.1) is 36.6 Å². The molecule has 2 aliphatic rings. The Morgan fingerprint density at radius 1 is 1.42 bits per heavy atom. The lowest BCUT2D eigenvalue weighted by Gasteiger charge is -2.35. The van der Waals surface area contributed by atoms with Gasteiger partial charge < -0.3 is 0 Å². The Kier molecular flexibility index (Phi) is 4.93. The molecule has 3 rings (SSSR count). The summed E-state index contributed by atoms with van der Waals surface area (Å²) >= 11 is 0. The molecule has 2 aliphatic heterocycles. The lowest BCUT2D eigenvalue weighted by atomic mass is 10.1. The number of aromatic nitrogens is 2. The molecule has 0 N–H and O–H groups in total. The number of fused-ring (bicyclic) bond motifs is 1. The van der Waals surface area contributed by atoms with Crippen LogP contribution in [0.5, 0.6) is 0 Å². The van der Waals surface area contributed by atoms with Crippen LogP contribution in [0.1, 0.15) is 44.8 Å². The molecule has 3 heterocycles. The fourth-order valence-corrected chi connectivity index (χ4v) is 4.38. The molecule has 1 fully saturated rings. The number of rotatable bonds is 4. The van der Waals surface area contributed by atoms with Crippen molar-refractivity contribution >= 4 is 15.9 Å². The standard InChI is InChI=1S/C15H24N4O4S/c1-12(2)24(21,22)17-10-13-5-6-16-19(13)14(11-17)9-15(20)18-7-3-4-8-23-18/h5-6,12,14H,3-4,7-11H2,1-2H3/t14-/m0/s1. The van der Waals surface area contributed by atoms with Gasteiger partial charge in [-0.3, -0.25) is 14.3 Å². The highest BCUT2D eigenvalue weighted by Gasteiger charge is 2.36. The van der Waals surface area contributed by atoms with Crippen LogP contribution in [-0.4, -0.2) is 58.4 Å². The average Bonchev–Trinajstić information content (AvgIpc) is 3.04. The van der Waals surface area contributed by atoms with Gasteiger partial charge in [0.2, 0.25) is 15.9 Å². The quantitative estimate of drug-likeness (QED) is 0.801. The van der Waals surface area contributed by atoms with E-state index in [2.05, 4.69) is 5.10 Å². The van der Waals surface area contributed by atoms with Gasteiger partial charge in [-0.1, -0.05) is 0 Å². The molecule has 0 saturated carbocycles. The Bertz CT molecular complexity index is 694. The molecule has 1 saturated heterocycles. The zero-order valence-electron chi connectivity index (χ0n) is 14.1. The molecule has 0 unspecified atom stereocenters. The van der Waals surface area contributed by atoms with Gasteiger partial charge in [0.25, 0.3) is 0 Å². The topological polar surface area (TPSA) is 84.7 Å². The summed E-state index contributed by atoms with van der Waals surface area (Å²) in [4.78, 5) is 17.9. The number of amides is 1. The van der Waals surface area contributed by atoms with Gasteiger partial charge in [-0.05, 0) is 32.8 Å². The Balaban J connectivity index is 1.78. The van der Waals surface area contributed by atoms with Crippen LogP contribution in [0.3, 0.4) is 0 Å². The van der Waals surface area contributed by atoms with E-state index in [1.807, 2.05) is 0 Å². The lowest BCUT2D eigenvalue weighted by molar-refractivity contribution is -0.198. The van der Waals surface area contributed by atoms with Crippen molar-refractivity contribution in [2.75, 3.05) is 19.7 Å². The first-order valence-corrected chi connectivity index (χ1v) is 9.84. The number of nitrogens with zero attached hydrogens (tertiary/aromatic N) is 4. The molecule has 0 aliphatic carbocycles. The molecule has 1 amide bonds. The number of hydrogen-bond donors (Lipinski definition) is 0. The van der Waals surface area contributed by atoms with E-state index < -0.39 is 15.3 Å². The molecule has 24 heavy (non-hydrogen) atoms. The summed E-state index contributed by atoms with van der Waals surface area (Å²) in [6.45, 7) is 5.04. The Labute approximate surface area is 142 Å². The van der Waals surface area contributed by atoms with E-state index in [-0.39, 0.29) is 24.9 Å². The molecule has 9 heteroatoms. The van der Waals surface area contributed by atoms with Gasteiger partial charge >= 0.3 is 0 Å². The van der Waals surface area contributed by atoms with Crippen molar-refractivity contribution in [3.8, 4) is 0 Å². The largest absolute Gasteiger partial charge is 0.273 e. The van der Waals surface area contributed by atoms with Crippen LogP contribution < -0.4 is 0 Å². The van der Waals surface area contributed by atoms with Gasteiger partial charge in [-0.15, -0.1) is 0 Å². The summed E-state index contributed by atoms with van der Waals surface area (Å²) in [5, 5.41) is 5.19. The summed E-state index contributed by atoms with van der Waals surface area (Å²) in [6, 6.07) is 1.49. The van der Waals surface area contributed by atoms with Crippen molar-refractivity contribution in [2.45, 2.75) is 50.9 Å². The summed E-state index contributed by atoms with van der Waals surface area (Å²) < 4.78 is 28.3. The molecule has 0 spiro atoms. The van der Waals surface area contributed by atoms with Crippen molar-refractivity contribution < 1.29 is 18.0 Å². The first-order valence-electron chi connectivity index (χ1n) is 8.34. The van der Waals surface area contributed by atoms with Crippen LogP contribution in [0.4, 0.5) is 0 Å². The number of hydroxylamine groups is 2. The summed E-state index contributed by atoms with van der Waals surface area (Å²) in [6.07, 6.45) is 3.71. The Hall–Kier alpha value is -1.45. The minimum Gasteiger partial charge on any atom is -0.273 e. The lowest BCUT2D eigenvalue weighted by Crippen LogP contribution is -2.45. The zero-order chi connectivity index (χ0) is 17.3. The van der Waals surface area contributed by atoms with E-state index in [0.717, 1.165) is 18.5 Å². The van der Waals surface area contributed by atoms with Crippen molar-refractivity contribution in [1.29, 1.82) is 0 Å². The van der Waals surface area contributed by atoms with Crippen LogP contribution in [-0.2, 0) is 26.2 Å². The van der Waals surface area contributed by atoms with Crippen molar-refractivity contribution in [3.63, 3.8) is 0 Å². The third-order valence-electron chi connectivity index (χ3n) is 4.50. The highest BCUT2D eigenvalue weighted by molar-refractivity contribution is 7.89. The van der Waals surface area contributed by atoms with Crippen molar-refractivity contribution in [2.24, 2.45) is 0 Å². The zero-order valence-corrected chi connectivity index (χ0v) is 14.9. The van der Waals surface area contributed by atoms with Gasteiger partial charge in [-0.25, -0.2) is 13.5 Å². The molecule has 0 bridgehead atoms. The van der Waals surface area contributed by atoms with Crippen LogP contribution in [0.25, 0.3) is 0 Å². The van der Waals surface area contributed by atoms with Crippen LogP contribution in [0.15, 0.2) is 12.3 Å². The summed E-state index contributed by atoms with van der Waals surface area (Å²) in [5.74, 6) is -0.120. The molecule has 8 nitrogen and oxygen atoms in total. The Morgan fingerprint density at radius 3 is 2.88 bits per heavy atom. The summed E-state index contributed by atoms with van der Waals surface area (Å²) in [7, 11) is -3.38. The van der Waals surface area contributed by atoms with Crippen LogP contribution in [0, 0.1) is 0 Å². The highest BCUT2D eigenvalue weighted by Crippen LogP contribution is 2.27. The molecule has 0 aromatic carbocycles. The fraction of sp³-hybridized carbons (Fsp3) is 0.733. The highest BCUT2D eigenvalue weighted by atomic mass is 32.2. The maximum absolute atomic E-state index is 12.5. The smallest absolute Gasteiger partial charge is 0.248 e. The Morgan fingerprint density at radius 2 is 2.21 bits per heavy atom. The molecular formula is C15H24N4O4S. The first kappa shape index (κ1) is 17.4. The van der Waals surface area contributed by atoms with Gasteiger partial charge in [0, 0.05) is 19.3 Å². The van der Waals surface area contributed by atoms with Crippen molar-refractivity contribution in [3.05, 3.63) is 18.0 Å². The number of carbonyl (C=O) groups excluding carboxylic acids is 1. The van der Waals surface area contributed by atoms with Gasteiger partial charge in [-0.2, -0.15) is 9.40 Å². The van der Waals surface area contributed by atoms with E-state index in [9.17, 15) is 13.2 Å². The molecular weight excluding hydrogens is 332 g/mol. The monoisotopic (exact) mass is 356 g/mol. The third kappa shape index (κ3) is 3.33. The van der Waals surface area contributed by atoms with Gasteiger partial charge in [0.1, 0.15) is 0 Å². The minimum absolute atomic E-state index is 0.120. The number of sulfonamides is 1. The normalized spacial score (nSPS) is 22.6. The van der Waals surface area contributed by atoms with Crippen molar-refractivity contribution in [1.82, 2.24) is 19.1 Å². The van der Waals surface area contributed by atoms with Crippen LogP contribution in [0.2, 0.25) is 0 Å². The SMILES string of the molecule is CC(C)S(=O)(=O)N1Cc2ccnn2[C@@H](CC(=O)N2CCCCO2)C1. The van der Waals surface area contributed by atoms with E-state index >= 15 is 0 Å². The number of carbonyl (C=O) groups is 1.